The Morgan fingerprint density at radius 2 is 1.61 bits per heavy atom. The van der Waals surface area contributed by atoms with Crippen LogP contribution in [0.1, 0.15) is 40.5 Å². The van der Waals surface area contributed by atoms with E-state index in [0.29, 0.717) is 17.8 Å². The van der Waals surface area contributed by atoms with Crippen LogP contribution in [0.5, 0.6) is 0 Å². The van der Waals surface area contributed by atoms with Crippen molar-refractivity contribution < 1.29 is 0 Å². The Kier molecular flexibility index (Phi) is 2.93. The summed E-state index contributed by atoms with van der Waals surface area (Å²) >= 11 is 0. The normalized spacial score (nSPS) is 27.0. The summed E-state index contributed by atoms with van der Waals surface area (Å²) in [6, 6.07) is 18.1. The fourth-order valence-electron chi connectivity index (χ4n) is 4.70. The molecule has 1 aliphatic heterocycles. The van der Waals surface area contributed by atoms with Crippen LogP contribution in [0.2, 0.25) is 0 Å². The average molecular weight is 303 g/mol. The summed E-state index contributed by atoms with van der Waals surface area (Å²) in [4.78, 5) is 4.47. The van der Waals surface area contributed by atoms with Gasteiger partial charge in [0.2, 0.25) is 0 Å². The van der Waals surface area contributed by atoms with E-state index in [1.165, 1.54) is 17.5 Å². The van der Waals surface area contributed by atoms with E-state index in [4.69, 9.17) is 0 Å². The van der Waals surface area contributed by atoms with Gasteiger partial charge in [-0.25, -0.2) is 0 Å². The summed E-state index contributed by atoms with van der Waals surface area (Å²) < 4.78 is 0. The molecule has 4 aliphatic rings. The molecule has 2 aromatic rings. The largest absolute Gasteiger partial charge is 0.356 e. The number of nitrogens with zero attached hydrogens (tertiary/aromatic N) is 1. The molecular weight excluding hydrogens is 282 g/mol. The van der Waals surface area contributed by atoms with Crippen LogP contribution >= 0.6 is 0 Å². The first-order chi connectivity index (χ1) is 11.4. The molecule has 2 aromatic carbocycles. The zero-order valence-corrected chi connectivity index (χ0v) is 13.1. The molecule has 0 fully saturated rings. The minimum absolute atomic E-state index is 0.516. The monoisotopic (exact) mass is 303 g/mol. The third-order valence-corrected chi connectivity index (χ3v) is 5.63. The summed E-state index contributed by atoms with van der Waals surface area (Å²) in [5.41, 5.74) is 6.17. The smallest absolute Gasteiger partial charge is 0.191 e. The molecule has 1 unspecified atom stereocenters. The molecule has 0 spiro atoms. The van der Waals surface area contributed by atoms with Crippen LogP contribution < -0.4 is 10.6 Å². The number of nitrogens with one attached hydrogen (secondary N) is 2. The standard InChI is InChI=1S/C20H21N3/c1-3-7-16-14(5-1)18-11-13(12-23-20-21-9-10-22-20)19(16)17-8-4-2-6-15(17)18/h1-8,13,18-19H,9-12H2,(H2,21,22,23). The van der Waals surface area contributed by atoms with Crippen molar-refractivity contribution in [3.8, 4) is 0 Å². The molecule has 3 nitrogen and oxygen atoms in total. The summed E-state index contributed by atoms with van der Waals surface area (Å²) in [5.74, 6) is 2.68. The zero-order valence-electron chi connectivity index (χ0n) is 13.1. The second-order valence-corrected chi connectivity index (χ2v) is 6.82. The van der Waals surface area contributed by atoms with Gasteiger partial charge in [-0.15, -0.1) is 0 Å². The number of hydrogen-bond donors (Lipinski definition) is 2. The average Bonchev–Trinajstić information content (AvgIpc) is 3.14. The van der Waals surface area contributed by atoms with Crippen molar-refractivity contribution in [1.29, 1.82) is 0 Å². The minimum Gasteiger partial charge on any atom is -0.356 e. The van der Waals surface area contributed by atoms with E-state index >= 15 is 0 Å². The van der Waals surface area contributed by atoms with Gasteiger partial charge in [-0.1, -0.05) is 48.5 Å². The maximum Gasteiger partial charge on any atom is 0.191 e. The van der Waals surface area contributed by atoms with E-state index < -0.39 is 0 Å². The Morgan fingerprint density at radius 1 is 0.957 bits per heavy atom. The molecule has 2 bridgehead atoms. The van der Waals surface area contributed by atoms with Gasteiger partial charge in [0, 0.05) is 24.9 Å². The molecule has 6 rings (SSSR count). The molecule has 1 heterocycles. The maximum atomic E-state index is 4.47. The lowest BCUT2D eigenvalue weighted by molar-refractivity contribution is 0.354. The minimum atomic E-state index is 0.516. The van der Waals surface area contributed by atoms with Gasteiger partial charge < -0.3 is 10.6 Å². The third-order valence-electron chi connectivity index (χ3n) is 5.63. The molecule has 23 heavy (non-hydrogen) atoms. The predicted molar refractivity (Wildman–Crippen MR) is 93.0 cm³/mol. The first kappa shape index (κ1) is 13.2. The second kappa shape index (κ2) is 5.12. The van der Waals surface area contributed by atoms with Crippen LogP contribution in [0, 0.1) is 5.92 Å². The summed E-state index contributed by atoms with van der Waals surface area (Å²) in [6.45, 7) is 2.85. The summed E-state index contributed by atoms with van der Waals surface area (Å²) in [7, 11) is 0. The van der Waals surface area contributed by atoms with Crippen LogP contribution in [0.25, 0.3) is 0 Å². The fourth-order valence-corrected chi connectivity index (χ4v) is 4.70. The van der Waals surface area contributed by atoms with E-state index in [1.807, 2.05) is 0 Å². The highest BCUT2D eigenvalue weighted by Crippen LogP contribution is 2.54. The molecule has 0 saturated heterocycles. The Labute approximate surface area is 136 Å². The summed E-state index contributed by atoms with van der Waals surface area (Å²) in [6.07, 6.45) is 1.24. The Balaban J connectivity index is 1.52. The van der Waals surface area contributed by atoms with Gasteiger partial charge in [0.25, 0.3) is 0 Å². The quantitative estimate of drug-likeness (QED) is 0.895. The highest BCUT2D eigenvalue weighted by molar-refractivity contribution is 5.81. The van der Waals surface area contributed by atoms with Crippen LogP contribution in [0.3, 0.4) is 0 Å². The van der Waals surface area contributed by atoms with Crippen molar-refractivity contribution in [1.82, 2.24) is 10.6 Å². The Bertz CT molecular complexity index is 732. The first-order valence-corrected chi connectivity index (χ1v) is 8.61. The third kappa shape index (κ3) is 1.99. The van der Waals surface area contributed by atoms with Gasteiger partial charge in [0.05, 0.1) is 6.54 Å². The van der Waals surface area contributed by atoms with Gasteiger partial charge >= 0.3 is 0 Å². The van der Waals surface area contributed by atoms with E-state index in [-0.39, 0.29) is 0 Å². The van der Waals surface area contributed by atoms with Crippen LogP contribution in [-0.4, -0.2) is 25.6 Å². The molecule has 3 heteroatoms. The van der Waals surface area contributed by atoms with E-state index in [1.54, 1.807) is 11.1 Å². The molecule has 0 saturated carbocycles. The lowest BCUT2D eigenvalue weighted by Gasteiger charge is -2.45. The lowest BCUT2D eigenvalue weighted by atomic mass is 9.59. The van der Waals surface area contributed by atoms with Gasteiger partial charge in [0.1, 0.15) is 0 Å². The highest BCUT2D eigenvalue weighted by atomic mass is 15.2. The van der Waals surface area contributed by atoms with Crippen molar-refractivity contribution in [3.63, 3.8) is 0 Å². The van der Waals surface area contributed by atoms with E-state index in [2.05, 4.69) is 64.2 Å². The zero-order chi connectivity index (χ0) is 15.2. The number of rotatable bonds is 2. The predicted octanol–water partition coefficient (Wildman–Crippen LogP) is 2.83. The van der Waals surface area contributed by atoms with Gasteiger partial charge in [-0.05, 0) is 34.6 Å². The number of aliphatic imine (C=N–C) groups is 1. The maximum absolute atomic E-state index is 4.47. The van der Waals surface area contributed by atoms with Gasteiger partial charge in [-0.2, -0.15) is 0 Å². The molecule has 0 amide bonds. The van der Waals surface area contributed by atoms with Crippen molar-refractivity contribution in [2.24, 2.45) is 10.9 Å². The molecule has 0 aromatic heterocycles. The van der Waals surface area contributed by atoms with E-state index in [0.717, 1.165) is 25.6 Å². The second-order valence-electron chi connectivity index (χ2n) is 6.82. The number of fused-ring (bicyclic) bond motifs is 1. The number of hydrogen-bond acceptors (Lipinski definition) is 3. The first-order valence-electron chi connectivity index (χ1n) is 8.61. The van der Waals surface area contributed by atoms with Crippen molar-refractivity contribution in [2.75, 3.05) is 19.6 Å². The Morgan fingerprint density at radius 3 is 2.22 bits per heavy atom. The number of benzene rings is 2. The van der Waals surface area contributed by atoms with Gasteiger partial charge in [0.15, 0.2) is 5.96 Å². The van der Waals surface area contributed by atoms with Crippen LogP contribution in [0.4, 0.5) is 0 Å². The molecule has 116 valence electrons. The molecular formula is C20H21N3. The molecule has 0 radical (unpaired) electrons. The van der Waals surface area contributed by atoms with Crippen molar-refractivity contribution in [2.45, 2.75) is 18.3 Å². The Hall–Kier alpha value is -2.29. The SMILES string of the molecule is c1ccc2c(c1)C1CC(CNC3=NCCN3)C2c2ccccc21. The topological polar surface area (TPSA) is 36.4 Å². The van der Waals surface area contributed by atoms with Crippen molar-refractivity contribution in [3.05, 3.63) is 70.8 Å². The molecule has 3 aliphatic carbocycles. The lowest BCUT2D eigenvalue weighted by Crippen LogP contribution is -2.42. The van der Waals surface area contributed by atoms with Crippen LogP contribution in [-0.2, 0) is 0 Å². The fraction of sp³-hybridized carbons (Fsp3) is 0.350. The van der Waals surface area contributed by atoms with Gasteiger partial charge in [-0.3, -0.25) is 4.99 Å². The molecule has 1 atom stereocenters. The summed E-state index contributed by atoms with van der Waals surface area (Å²) in [5, 5.41) is 6.85. The highest BCUT2D eigenvalue weighted by Gasteiger charge is 2.42. The number of guanidine groups is 1. The van der Waals surface area contributed by atoms with E-state index in [9.17, 15) is 0 Å². The van der Waals surface area contributed by atoms with Crippen LogP contribution in [0.15, 0.2) is 53.5 Å². The molecule has 2 N–H and O–H groups in total. The van der Waals surface area contributed by atoms with Crippen molar-refractivity contribution >= 4 is 5.96 Å².